The molecule has 1 aliphatic heterocycles. The predicted molar refractivity (Wildman–Crippen MR) is 84.9 cm³/mol. The van der Waals surface area contributed by atoms with Crippen LogP contribution in [0.4, 0.5) is 0 Å². The summed E-state index contributed by atoms with van der Waals surface area (Å²) < 4.78 is 5.27. The molecule has 2 heteroatoms. The van der Waals surface area contributed by atoms with Crippen molar-refractivity contribution in [2.24, 2.45) is 23.7 Å². The van der Waals surface area contributed by atoms with E-state index >= 15 is 0 Å². The van der Waals surface area contributed by atoms with Gasteiger partial charge in [0.05, 0.1) is 6.42 Å². The third-order valence-electron chi connectivity index (χ3n) is 6.52. The van der Waals surface area contributed by atoms with E-state index in [2.05, 4.69) is 6.92 Å². The fourth-order valence-electron chi connectivity index (χ4n) is 5.02. The molecule has 3 fully saturated rings. The average Bonchev–Trinajstić information content (AvgIpc) is 2.51. The zero-order valence-corrected chi connectivity index (χ0v) is 13.7. The Morgan fingerprint density at radius 2 is 1.43 bits per heavy atom. The summed E-state index contributed by atoms with van der Waals surface area (Å²) in [5.74, 6) is 3.72. The molecule has 1 unspecified atom stereocenters. The number of hydrogen-bond acceptors (Lipinski definition) is 2. The first-order valence-electron chi connectivity index (χ1n) is 9.45. The first kappa shape index (κ1) is 15.4. The minimum atomic E-state index is 0.0209. The van der Waals surface area contributed by atoms with Crippen LogP contribution in [0.5, 0.6) is 0 Å². The van der Waals surface area contributed by atoms with E-state index in [1.165, 1.54) is 70.6 Å². The van der Waals surface area contributed by atoms with Crippen LogP contribution in [0.1, 0.15) is 84.0 Å². The van der Waals surface area contributed by atoms with Gasteiger partial charge in [-0.3, -0.25) is 4.79 Å². The van der Waals surface area contributed by atoms with Gasteiger partial charge in [0, 0.05) is 0 Å². The number of carbonyl (C=O) groups is 1. The highest BCUT2D eigenvalue weighted by Crippen LogP contribution is 2.44. The van der Waals surface area contributed by atoms with Gasteiger partial charge in [0.2, 0.25) is 0 Å². The van der Waals surface area contributed by atoms with Crippen molar-refractivity contribution in [1.82, 2.24) is 0 Å². The monoisotopic (exact) mass is 292 g/mol. The van der Waals surface area contributed by atoms with E-state index in [0.717, 1.165) is 17.8 Å². The molecule has 1 heterocycles. The lowest BCUT2D eigenvalue weighted by Gasteiger charge is -2.41. The van der Waals surface area contributed by atoms with Crippen LogP contribution < -0.4 is 0 Å². The maximum Gasteiger partial charge on any atom is 0.309 e. The molecule has 1 atom stereocenters. The standard InChI is InChI=1S/C19H32O2/c1-2-3-4-14-5-7-15(8-6-14)16-9-11-17(12-10-16)18-13-19(20)21-18/h14-18H,2-13H2,1H3. The Morgan fingerprint density at radius 3 is 1.95 bits per heavy atom. The molecule has 1 saturated heterocycles. The second-order valence-corrected chi connectivity index (χ2v) is 7.83. The van der Waals surface area contributed by atoms with Gasteiger partial charge in [0.25, 0.3) is 0 Å². The molecule has 0 aromatic rings. The number of cyclic esters (lactones) is 1. The summed E-state index contributed by atoms with van der Waals surface area (Å²) >= 11 is 0. The number of carbonyl (C=O) groups excluding carboxylic acids is 1. The largest absolute Gasteiger partial charge is 0.461 e. The molecule has 0 N–H and O–H groups in total. The van der Waals surface area contributed by atoms with Crippen LogP contribution in [-0.4, -0.2) is 12.1 Å². The molecule has 0 amide bonds. The summed E-state index contributed by atoms with van der Waals surface area (Å²) in [5.41, 5.74) is 0. The molecule has 0 radical (unpaired) electrons. The van der Waals surface area contributed by atoms with Crippen LogP contribution in [0.3, 0.4) is 0 Å². The van der Waals surface area contributed by atoms with Crippen LogP contribution in [0.15, 0.2) is 0 Å². The zero-order chi connectivity index (χ0) is 14.7. The van der Waals surface area contributed by atoms with Crippen molar-refractivity contribution in [2.75, 3.05) is 0 Å². The van der Waals surface area contributed by atoms with Crippen LogP contribution in [0, 0.1) is 23.7 Å². The SMILES string of the molecule is CCCCC1CCC(C2CCC(C3CC(=O)O3)CC2)CC1. The van der Waals surface area contributed by atoms with Gasteiger partial charge in [-0.25, -0.2) is 0 Å². The highest BCUT2D eigenvalue weighted by molar-refractivity contribution is 5.75. The third kappa shape index (κ3) is 3.81. The van der Waals surface area contributed by atoms with Crippen molar-refractivity contribution in [3.63, 3.8) is 0 Å². The Balaban J connectivity index is 1.36. The Labute approximate surface area is 130 Å². The van der Waals surface area contributed by atoms with E-state index in [1.807, 2.05) is 0 Å². The maximum absolute atomic E-state index is 10.9. The van der Waals surface area contributed by atoms with E-state index in [9.17, 15) is 4.79 Å². The minimum absolute atomic E-state index is 0.0209. The lowest BCUT2D eigenvalue weighted by atomic mass is 9.67. The first-order chi connectivity index (χ1) is 10.3. The summed E-state index contributed by atoms with van der Waals surface area (Å²) in [5, 5.41) is 0. The Morgan fingerprint density at radius 1 is 0.905 bits per heavy atom. The number of esters is 1. The van der Waals surface area contributed by atoms with E-state index < -0.39 is 0 Å². The molecule has 120 valence electrons. The summed E-state index contributed by atoms with van der Waals surface area (Å²) in [7, 11) is 0. The molecule has 0 bridgehead atoms. The summed E-state index contributed by atoms with van der Waals surface area (Å²) in [4.78, 5) is 10.9. The van der Waals surface area contributed by atoms with Crippen LogP contribution in [0.25, 0.3) is 0 Å². The van der Waals surface area contributed by atoms with Gasteiger partial charge in [-0.2, -0.15) is 0 Å². The third-order valence-corrected chi connectivity index (χ3v) is 6.52. The highest BCUT2D eigenvalue weighted by Gasteiger charge is 2.39. The van der Waals surface area contributed by atoms with Crippen molar-refractivity contribution >= 4 is 5.97 Å². The molecule has 2 nitrogen and oxygen atoms in total. The Hall–Kier alpha value is -0.530. The normalized spacial score (nSPS) is 40.4. The summed E-state index contributed by atoms with van der Waals surface area (Å²) in [6.45, 7) is 2.31. The van der Waals surface area contributed by atoms with Gasteiger partial charge in [0.1, 0.15) is 6.10 Å². The molecular weight excluding hydrogens is 260 g/mol. The van der Waals surface area contributed by atoms with Crippen LogP contribution >= 0.6 is 0 Å². The van der Waals surface area contributed by atoms with E-state index in [-0.39, 0.29) is 12.1 Å². The van der Waals surface area contributed by atoms with Crippen LogP contribution in [-0.2, 0) is 9.53 Å². The number of ether oxygens (including phenoxy) is 1. The molecule has 2 saturated carbocycles. The molecule has 21 heavy (non-hydrogen) atoms. The summed E-state index contributed by atoms with van der Waals surface area (Å²) in [6, 6.07) is 0. The van der Waals surface area contributed by atoms with E-state index in [0.29, 0.717) is 12.3 Å². The van der Waals surface area contributed by atoms with Gasteiger partial charge in [-0.15, -0.1) is 0 Å². The molecular formula is C19H32O2. The van der Waals surface area contributed by atoms with Crippen molar-refractivity contribution in [3.05, 3.63) is 0 Å². The Kier molecular flexibility index (Phi) is 5.24. The zero-order valence-electron chi connectivity index (χ0n) is 13.7. The van der Waals surface area contributed by atoms with Gasteiger partial charge in [0.15, 0.2) is 0 Å². The fraction of sp³-hybridized carbons (Fsp3) is 0.947. The molecule has 0 aromatic heterocycles. The minimum Gasteiger partial charge on any atom is -0.461 e. The predicted octanol–water partition coefficient (Wildman–Crippen LogP) is 5.10. The van der Waals surface area contributed by atoms with Crippen molar-refractivity contribution in [1.29, 1.82) is 0 Å². The van der Waals surface area contributed by atoms with Crippen molar-refractivity contribution in [3.8, 4) is 0 Å². The second-order valence-electron chi connectivity index (χ2n) is 7.83. The lowest BCUT2D eigenvalue weighted by Crippen LogP contribution is -2.41. The highest BCUT2D eigenvalue weighted by atomic mass is 16.6. The number of rotatable bonds is 5. The molecule has 0 spiro atoms. The fourth-order valence-corrected chi connectivity index (χ4v) is 5.02. The average molecular weight is 292 g/mol. The van der Waals surface area contributed by atoms with Crippen molar-refractivity contribution < 1.29 is 9.53 Å². The smallest absolute Gasteiger partial charge is 0.309 e. The molecule has 3 rings (SSSR count). The number of hydrogen-bond donors (Lipinski definition) is 0. The second kappa shape index (κ2) is 7.15. The van der Waals surface area contributed by atoms with E-state index in [4.69, 9.17) is 4.74 Å². The molecule has 3 aliphatic rings. The molecule has 0 aromatic carbocycles. The molecule has 2 aliphatic carbocycles. The van der Waals surface area contributed by atoms with Gasteiger partial charge < -0.3 is 4.74 Å². The topological polar surface area (TPSA) is 26.3 Å². The Bertz CT molecular complexity index is 327. The van der Waals surface area contributed by atoms with Gasteiger partial charge in [-0.05, 0) is 62.2 Å². The van der Waals surface area contributed by atoms with Gasteiger partial charge >= 0.3 is 5.97 Å². The maximum atomic E-state index is 10.9. The van der Waals surface area contributed by atoms with Gasteiger partial charge in [-0.1, -0.05) is 39.0 Å². The summed E-state index contributed by atoms with van der Waals surface area (Å²) in [6.07, 6.45) is 16.6. The first-order valence-corrected chi connectivity index (χ1v) is 9.45. The van der Waals surface area contributed by atoms with E-state index in [1.54, 1.807) is 0 Å². The quantitative estimate of drug-likeness (QED) is 0.659. The lowest BCUT2D eigenvalue weighted by molar-refractivity contribution is -0.176. The van der Waals surface area contributed by atoms with Crippen LogP contribution in [0.2, 0.25) is 0 Å². The van der Waals surface area contributed by atoms with Crippen molar-refractivity contribution in [2.45, 2.75) is 90.1 Å². The number of unbranched alkanes of at least 4 members (excludes halogenated alkanes) is 1.